The van der Waals surface area contributed by atoms with Crippen LogP contribution >= 0.6 is 11.3 Å². The first-order valence-electron chi connectivity index (χ1n) is 9.31. The van der Waals surface area contributed by atoms with Gasteiger partial charge in [0, 0.05) is 44.5 Å². The van der Waals surface area contributed by atoms with Gasteiger partial charge in [0.2, 0.25) is 0 Å². The molecule has 0 N–H and O–H groups in total. The van der Waals surface area contributed by atoms with Crippen molar-refractivity contribution in [2.75, 3.05) is 0 Å². The van der Waals surface area contributed by atoms with Crippen molar-refractivity contribution in [1.29, 1.82) is 0 Å². The molecule has 0 atom stereocenters. The maximum absolute atomic E-state index is 13.0. The van der Waals surface area contributed by atoms with Gasteiger partial charge in [-0.1, -0.05) is 6.07 Å². The molecule has 0 spiro atoms. The van der Waals surface area contributed by atoms with Gasteiger partial charge >= 0.3 is 0 Å². The third-order valence-corrected chi connectivity index (χ3v) is 6.14. The van der Waals surface area contributed by atoms with E-state index >= 15 is 0 Å². The number of thiazole rings is 1. The highest BCUT2D eigenvalue weighted by molar-refractivity contribution is 7.19. The molecular weight excluding hydrogens is 386 g/mol. The van der Waals surface area contributed by atoms with Crippen LogP contribution in [0.3, 0.4) is 0 Å². The smallest absolute Gasteiger partial charge is 0.291 e. The number of pyridine rings is 1. The Labute approximate surface area is 170 Å². The van der Waals surface area contributed by atoms with Crippen LogP contribution in [0.5, 0.6) is 0 Å². The topological polar surface area (TPSA) is 83.4 Å². The first-order valence-corrected chi connectivity index (χ1v) is 10.1. The predicted molar refractivity (Wildman–Crippen MR) is 112 cm³/mol. The summed E-state index contributed by atoms with van der Waals surface area (Å²) in [6.45, 7) is 0.345. The molecule has 5 aromatic rings. The number of hydrogen-bond acceptors (Lipinski definition) is 6. The summed E-state index contributed by atoms with van der Waals surface area (Å²) < 4.78 is 6.07. The zero-order chi connectivity index (χ0) is 20.0. The molecule has 5 rings (SSSR count). The largest absolute Gasteiger partial charge is 0.323 e. The zero-order valence-electron chi connectivity index (χ0n) is 16.1. The minimum atomic E-state index is -0.127. The van der Waals surface area contributed by atoms with E-state index in [4.69, 9.17) is 4.98 Å². The first kappa shape index (κ1) is 17.7. The average Bonchev–Trinajstić information content (AvgIpc) is 3.40. The van der Waals surface area contributed by atoms with Gasteiger partial charge in [-0.15, -0.1) is 11.3 Å². The maximum Gasteiger partial charge on any atom is 0.291 e. The summed E-state index contributed by atoms with van der Waals surface area (Å²) in [7, 11) is 3.74. The molecule has 0 unspecified atom stereocenters. The summed E-state index contributed by atoms with van der Waals surface area (Å²) in [4.78, 5) is 22.0. The van der Waals surface area contributed by atoms with E-state index in [9.17, 15) is 4.79 Å². The van der Waals surface area contributed by atoms with Crippen molar-refractivity contribution >= 4 is 32.6 Å². The van der Waals surface area contributed by atoms with Gasteiger partial charge in [0.15, 0.2) is 5.65 Å². The first-order chi connectivity index (χ1) is 14.1. The van der Waals surface area contributed by atoms with Crippen molar-refractivity contribution in [2.24, 2.45) is 14.1 Å². The van der Waals surface area contributed by atoms with Crippen LogP contribution in [0.15, 0.2) is 47.8 Å². The summed E-state index contributed by atoms with van der Waals surface area (Å²) in [6, 6.07) is 5.91. The Balaban J connectivity index is 1.50. The summed E-state index contributed by atoms with van der Waals surface area (Å²) in [5.74, 6) is 0. The molecule has 0 aromatic carbocycles. The van der Waals surface area contributed by atoms with Crippen molar-refractivity contribution in [3.63, 3.8) is 0 Å². The molecule has 5 aromatic heterocycles. The summed E-state index contributed by atoms with van der Waals surface area (Å²) >= 11 is 1.63. The Kier molecular flexibility index (Phi) is 4.24. The van der Waals surface area contributed by atoms with E-state index in [1.165, 1.54) is 10.2 Å². The molecule has 0 fully saturated rings. The van der Waals surface area contributed by atoms with Crippen LogP contribution in [0, 0.1) is 0 Å². The third-order valence-electron chi connectivity index (χ3n) is 5.00. The van der Waals surface area contributed by atoms with Gasteiger partial charge in [-0.3, -0.25) is 14.5 Å². The van der Waals surface area contributed by atoms with E-state index in [2.05, 4.69) is 21.2 Å². The predicted octanol–water partition coefficient (Wildman–Crippen LogP) is 2.31. The second-order valence-corrected chi connectivity index (χ2v) is 8.11. The van der Waals surface area contributed by atoms with Crippen LogP contribution in [0.4, 0.5) is 0 Å². The van der Waals surface area contributed by atoms with Gasteiger partial charge in [-0.05, 0) is 24.1 Å². The van der Waals surface area contributed by atoms with Crippen molar-refractivity contribution in [3.8, 4) is 0 Å². The molecule has 0 amide bonds. The Bertz CT molecular complexity index is 1380. The van der Waals surface area contributed by atoms with Gasteiger partial charge in [-0.25, -0.2) is 9.67 Å². The lowest BCUT2D eigenvalue weighted by Gasteiger charge is -2.03. The van der Waals surface area contributed by atoms with Crippen LogP contribution in [0.1, 0.15) is 16.3 Å². The Hall–Kier alpha value is -3.33. The molecule has 9 heteroatoms. The molecule has 0 aliphatic carbocycles. The summed E-state index contributed by atoms with van der Waals surface area (Å²) in [5, 5.41) is 10.6. The Morgan fingerprint density at radius 1 is 1.14 bits per heavy atom. The van der Waals surface area contributed by atoms with Gasteiger partial charge in [0.05, 0.1) is 28.1 Å². The third kappa shape index (κ3) is 3.13. The quantitative estimate of drug-likeness (QED) is 0.448. The number of rotatable bonds is 5. The molecule has 5 heterocycles. The van der Waals surface area contributed by atoms with Crippen molar-refractivity contribution in [1.82, 2.24) is 34.1 Å². The fourth-order valence-corrected chi connectivity index (χ4v) is 4.66. The lowest BCUT2D eigenvalue weighted by molar-refractivity contribution is 0.619. The van der Waals surface area contributed by atoms with Gasteiger partial charge < -0.3 is 4.57 Å². The Morgan fingerprint density at radius 3 is 2.79 bits per heavy atom. The highest BCUT2D eigenvalue weighted by Gasteiger charge is 2.18. The number of aromatic nitrogens is 7. The molecule has 0 saturated heterocycles. The van der Waals surface area contributed by atoms with E-state index < -0.39 is 0 Å². The monoisotopic (exact) mass is 405 g/mol. The van der Waals surface area contributed by atoms with Crippen molar-refractivity contribution < 1.29 is 0 Å². The SMILES string of the molecule is Cn1ccc(Cn2ncc3c4sc(CCc5cccnc5)nc4n(C)c3c2=O)n1. The number of hydrogen-bond donors (Lipinski definition) is 0. The molecular formula is C20H19N7OS. The van der Waals surface area contributed by atoms with E-state index in [-0.39, 0.29) is 5.56 Å². The van der Waals surface area contributed by atoms with Crippen LogP contribution in [-0.2, 0) is 33.5 Å². The maximum atomic E-state index is 13.0. The van der Waals surface area contributed by atoms with Gasteiger partial charge in [0.1, 0.15) is 5.52 Å². The fraction of sp³-hybridized carbons (Fsp3) is 0.250. The van der Waals surface area contributed by atoms with Gasteiger partial charge in [0.25, 0.3) is 5.56 Å². The summed E-state index contributed by atoms with van der Waals surface area (Å²) in [5.41, 5.74) is 3.32. The van der Waals surface area contributed by atoms with Crippen molar-refractivity contribution in [2.45, 2.75) is 19.4 Å². The number of nitrogens with zero attached hydrogens (tertiary/aromatic N) is 7. The van der Waals surface area contributed by atoms with Crippen LogP contribution < -0.4 is 5.56 Å². The standard InChI is InChI=1S/C20H19N7OS/c1-25-9-7-14(24-25)12-27-20(28)17-15(11-22-27)18-19(26(17)2)23-16(29-18)6-5-13-4-3-8-21-10-13/h3-4,7-11H,5-6,12H2,1-2H3. The molecule has 0 aliphatic rings. The average molecular weight is 405 g/mol. The minimum Gasteiger partial charge on any atom is -0.323 e. The van der Waals surface area contributed by atoms with E-state index in [0.717, 1.165) is 39.3 Å². The molecule has 8 nitrogen and oxygen atoms in total. The van der Waals surface area contributed by atoms with Crippen LogP contribution in [-0.4, -0.2) is 34.1 Å². The van der Waals surface area contributed by atoms with Crippen LogP contribution in [0.25, 0.3) is 21.3 Å². The normalized spacial score (nSPS) is 11.7. The molecule has 146 valence electrons. The highest BCUT2D eigenvalue weighted by Crippen LogP contribution is 2.31. The number of aryl methyl sites for hydroxylation is 4. The molecule has 0 saturated carbocycles. The minimum absolute atomic E-state index is 0.127. The fourth-order valence-electron chi connectivity index (χ4n) is 3.55. The number of fused-ring (bicyclic) bond motifs is 3. The molecule has 0 radical (unpaired) electrons. The van der Waals surface area contributed by atoms with E-state index in [1.807, 2.05) is 43.2 Å². The second-order valence-electron chi connectivity index (χ2n) is 7.03. The van der Waals surface area contributed by atoms with Crippen molar-refractivity contribution in [3.05, 3.63) is 69.6 Å². The van der Waals surface area contributed by atoms with E-state index in [0.29, 0.717) is 12.1 Å². The van der Waals surface area contributed by atoms with Crippen LogP contribution in [0.2, 0.25) is 0 Å². The lowest BCUT2D eigenvalue weighted by atomic mass is 10.2. The molecule has 29 heavy (non-hydrogen) atoms. The van der Waals surface area contributed by atoms with E-state index in [1.54, 1.807) is 28.4 Å². The Morgan fingerprint density at radius 2 is 2.03 bits per heavy atom. The lowest BCUT2D eigenvalue weighted by Crippen LogP contribution is -2.24. The zero-order valence-corrected chi connectivity index (χ0v) is 16.9. The molecule has 0 aliphatic heterocycles. The summed E-state index contributed by atoms with van der Waals surface area (Å²) in [6.07, 6.45) is 9.02. The molecule has 0 bridgehead atoms. The highest BCUT2D eigenvalue weighted by atomic mass is 32.1. The van der Waals surface area contributed by atoms with Gasteiger partial charge in [-0.2, -0.15) is 10.2 Å². The second kappa shape index (κ2) is 6.93.